The Hall–Kier alpha value is -1.96. The van der Waals surface area contributed by atoms with Crippen LogP contribution in [0.3, 0.4) is 0 Å². The summed E-state index contributed by atoms with van der Waals surface area (Å²) in [5.74, 6) is 0.730. The summed E-state index contributed by atoms with van der Waals surface area (Å²) >= 11 is 13.8. The molecule has 0 bridgehead atoms. The highest BCUT2D eigenvalue weighted by Gasteiger charge is 2.49. The van der Waals surface area contributed by atoms with Crippen LogP contribution >= 0.6 is 34.5 Å². The molecule has 2 aliphatic rings. The van der Waals surface area contributed by atoms with E-state index in [0.29, 0.717) is 21.0 Å². The van der Waals surface area contributed by atoms with Crippen molar-refractivity contribution in [3.63, 3.8) is 0 Å². The molecule has 0 saturated carbocycles. The van der Waals surface area contributed by atoms with Gasteiger partial charge in [-0.15, -0.1) is 0 Å². The Labute approximate surface area is 197 Å². The van der Waals surface area contributed by atoms with E-state index in [9.17, 15) is 4.79 Å². The Morgan fingerprint density at radius 3 is 2.90 bits per heavy atom. The first-order chi connectivity index (χ1) is 14.9. The van der Waals surface area contributed by atoms with Gasteiger partial charge in [-0.1, -0.05) is 60.9 Å². The fourth-order valence-corrected chi connectivity index (χ4v) is 5.47. The lowest BCUT2D eigenvalue weighted by Crippen LogP contribution is -2.42. The standard InChI is InChI=1S/C22H27Cl2N5OS/c1-3-4-5-9-25-21(30)28-10-8-22(13-28)14-29(18-7-6-16(23)11-17(18)22)15(2)27-20-26-12-19(24)31-20/h6-7,11-12H,2-5,8-10,13-14H2,1H3,(H,25,30)(H,26,27). The molecule has 1 atom stereocenters. The molecule has 1 saturated heterocycles. The van der Waals surface area contributed by atoms with Gasteiger partial charge in [0.05, 0.1) is 6.20 Å². The Kier molecular flexibility index (Phi) is 6.65. The number of halogens is 2. The van der Waals surface area contributed by atoms with Gasteiger partial charge in [0.1, 0.15) is 10.2 Å². The van der Waals surface area contributed by atoms with Crippen LogP contribution in [0.4, 0.5) is 15.6 Å². The van der Waals surface area contributed by atoms with Crippen molar-refractivity contribution in [3.8, 4) is 0 Å². The molecule has 166 valence electrons. The maximum Gasteiger partial charge on any atom is 0.317 e. The maximum absolute atomic E-state index is 12.7. The number of aromatic nitrogens is 1. The average Bonchev–Trinajstić information content (AvgIpc) is 3.44. The minimum Gasteiger partial charge on any atom is -0.338 e. The van der Waals surface area contributed by atoms with Crippen LogP contribution in [0.1, 0.15) is 38.2 Å². The monoisotopic (exact) mass is 479 g/mol. The largest absolute Gasteiger partial charge is 0.338 e. The van der Waals surface area contributed by atoms with Gasteiger partial charge in [0.15, 0.2) is 5.13 Å². The molecular formula is C22H27Cl2N5OS. The van der Waals surface area contributed by atoms with E-state index < -0.39 is 0 Å². The highest BCUT2D eigenvalue weighted by molar-refractivity contribution is 7.19. The predicted molar refractivity (Wildman–Crippen MR) is 129 cm³/mol. The number of carbonyl (C=O) groups excluding carboxylic acids is 1. The highest BCUT2D eigenvalue weighted by atomic mass is 35.5. The molecule has 2 amide bonds. The number of benzene rings is 1. The van der Waals surface area contributed by atoms with Gasteiger partial charge < -0.3 is 20.4 Å². The first-order valence-electron chi connectivity index (χ1n) is 10.6. The van der Waals surface area contributed by atoms with Crippen molar-refractivity contribution < 1.29 is 4.79 Å². The zero-order chi connectivity index (χ0) is 22.0. The van der Waals surface area contributed by atoms with Crippen molar-refractivity contribution in [2.24, 2.45) is 0 Å². The van der Waals surface area contributed by atoms with E-state index >= 15 is 0 Å². The third kappa shape index (κ3) is 4.64. The normalized spacial score (nSPS) is 19.7. The minimum absolute atomic E-state index is 0.0179. The van der Waals surface area contributed by atoms with E-state index in [0.717, 1.165) is 56.8 Å². The number of likely N-dealkylation sites (tertiary alicyclic amines) is 1. The molecule has 3 heterocycles. The Bertz CT molecular complexity index is 981. The van der Waals surface area contributed by atoms with Crippen LogP contribution in [0.5, 0.6) is 0 Å². The van der Waals surface area contributed by atoms with Crippen molar-refractivity contribution in [2.45, 2.75) is 38.0 Å². The number of thiazole rings is 1. The summed E-state index contributed by atoms with van der Waals surface area (Å²) in [6.45, 7) is 9.24. The molecule has 0 aliphatic carbocycles. The van der Waals surface area contributed by atoms with Crippen molar-refractivity contribution in [3.05, 3.63) is 51.7 Å². The quantitative estimate of drug-likeness (QED) is 0.500. The highest BCUT2D eigenvalue weighted by Crippen LogP contribution is 2.48. The minimum atomic E-state index is -0.174. The fraction of sp³-hybridized carbons (Fsp3) is 0.455. The lowest BCUT2D eigenvalue weighted by molar-refractivity contribution is 0.206. The van der Waals surface area contributed by atoms with E-state index in [1.54, 1.807) is 6.20 Å². The molecule has 2 aromatic rings. The summed E-state index contributed by atoms with van der Waals surface area (Å²) in [4.78, 5) is 21.1. The lowest BCUT2D eigenvalue weighted by atomic mass is 9.81. The van der Waals surface area contributed by atoms with Crippen LogP contribution in [0.2, 0.25) is 9.36 Å². The third-order valence-electron chi connectivity index (χ3n) is 6.03. The smallest absolute Gasteiger partial charge is 0.317 e. The van der Waals surface area contributed by atoms with E-state index in [1.165, 1.54) is 16.9 Å². The van der Waals surface area contributed by atoms with Crippen molar-refractivity contribution in [1.29, 1.82) is 0 Å². The predicted octanol–water partition coefficient (Wildman–Crippen LogP) is 5.70. The molecule has 1 aromatic heterocycles. The van der Waals surface area contributed by atoms with Crippen molar-refractivity contribution in [1.82, 2.24) is 15.2 Å². The van der Waals surface area contributed by atoms with Crippen LogP contribution in [-0.4, -0.2) is 42.1 Å². The fourth-order valence-electron chi connectivity index (χ4n) is 4.46. The van der Waals surface area contributed by atoms with Gasteiger partial charge in [-0.3, -0.25) is 0 Å². The molecule has 1 unspecified atom stereocenters. The summed E-state index contributed by atoms with van der Waals surface area (Å²) in [5.41, 5.74) is 2.06. The molecule has 1 fully saturated rings. The molecule has 1 spiro atoms. The molecule has 2 N–H and O–H groups in total. The molecular weight excluding hydrogens is 453 g/mol. The van der Waals surface area contributed by atoms with Gasteiger partial charge in [0.2, 0.25) is 0 Å². The number of urea groups is 1. The topological polar surface area (TPSA) is 60.5 Å². The van der Waals surface area contributed by atoms with Crippen LogP contribution in [0, 0.1) is 0 Å². The van der Waals surface area contributed by atoms with E-state index in [1.807, 2.05) is 23.1 Å². The molecule has 2 aliphatic heterocycles. The summed E-state index contributed by atoms with van der Waals surface area (Å²) in [6.07, 6.45) is 5.79. The number of nitrogens with one attached hydrogen (secondary N) is 2. The number of unbranched alkanes of at least 4 members (excludes halogenated alkanes) is 2. The molecule has 4 rings (SSSR count). The van der Waals surface area contributed by atoms with Crippen molar-refractivity contribution >= 4 is 51.4 Å². The number of nitrogens with zero attached hydrogens (tertiary/aromatic N) is 3. The van der Waals surface area contributed by atoms with Gasteiger partial charge in [-0.2, -0.15) is 0 Å². The van der Waals surface area contributed by atoms with E-state index in [2.05, 4.69) is 34.0 Å². The molecule has 0 radical (unpaired) electrons. The Morgan fingerprint density at radius 2 is 2.16 bits per heavy atom. The molecule has 1 aromatic carbocycles. The number of rotatable bonds is 7. The summed E-state index contributed by atoms with van der Waals surface area (Å²) in [6, 6.07) is 5.98. The zero-order valence-electron chi connectivity index (χ0n) is 17.6. The van der Waals surface area contributed by atoms with Crippen LogP contribution in [0.25, 0.3) is 0 Å². The van der Waals surface area contributed by atoms with Gasteiger partial charge in [-0.25, -0.2) is 9.78 Å². The number of amides is 2. The number of hydrogen-bond donors (Lipinski definition) is 2. The lowest BCUT2D eigenvalue weighted by Gasteiger charge is -2.27. The van der Waals surface area contributed by atoms with Crippen LogP contribution in [0.15, 0.2) is 36.8 Å². The number of hydrogen-bond acceptors (Lipinski definition) is 5. The molecule has 9 heteroatoms. The zero-order valence-corrected chi connectivity index (χ0v) is 19.9. The van der Waals surface area contributed by atoms with E-state index in [4.69, 9.17) is 23.2 Å². The van der Waals surface area contributed by atoms with Crippen LogP contribution in [-0.2, 0) is 5.41 Å². The second-order valence-corrected chi connectivity index (χ2v) is 10.3. The average molecular weight is 480 g/mol. The molecule has 6 nitrogen and oxygen atoms in total. The summed E-state index contributed by atoms with van der Waals surface area (Å²) in [5, 5.41) is 7.74. The van der Waals surface area contributed by atoms with Gasteiger partial charge in [-0.05, 0) is 36.6 Å². The second kappa shape index (κ2) is 9.27. The first-order valence-corrected chi connectivity index (χ1v) is 12.2. The Morgan fingerprint density at radius 1 is 1.32 bits per heavy atom. The van der Waals surface area contributed by atoms with Gasteiger partial charge in [0, 0.05) is 42.3 Å². The molecule has 31 heavy (non-hydrogen) atoms. The number of fused-ring (bicyclic) bond motifs is 2. The number of anilines is 2. The van der Waals surface area contributed by atoms with Gasteiger partial charge in [0.25, 0.3) is 0 Å². The Balaban J connectivity index is 1.51. The second-order valence-electron chi connectivity index (χ2n) is 8.18. The van der Waals surface area contributed by atoms with Gasteiger partial charge >= 0.3 is 6.03 Å². The maximum atomic E-state index is 12.7. The van der Waals surface area contributed by atoms with Crippen molar-refractivity contribution in [2.75, 3.05) is 36.4 Å². The third-order valence-corrected chi connectivity index (χ3v) is 7.30. The first kappa shape index (κ1) is 22.2. The summed E-state index contributed by atoms with van der Waals surface area (Å²) < 4.78 is 0.622. The van der Waals surface area contributed by atoms with Crippen LogP contribution < -0.4 is 15.5 Å². The number of carbonyl (C=O) groups is 1. The van der Waals surface area contributed by atoms with E-state index in [-0.39, 0.29) is 11.4 Å². The SMILES string of the molecule is C=C(Nc1ncc(Cl)s1)N1CC2(CCN(C(=O)NCCCCC)C2)c2cc(Cl)ccc21. The summed E-state index contributed by atoms with van der Waals surface area (Å²) in [7, 11) is 0.